The number of pyridine rings is 1. The first-order valence-electron chi connectivity index (χ1n) is 11.6. The van der Waals surface area contributed by atoms with Crippen molar-refractivity contribution >= 4 is 39.8 Å². The van der Waals surface area contributed by atoms with E-state index in [0.717, 1.165) is 5.56 Å². The predicted octanol–water partition coefficient (Wildman–Crippen LogP) is 6.06. The monoisotopic (exact) mass is 546 g/mol. The standard InChI is InChI=1S/C25H22F4N6O2S/c1-14(15-4-8-18(9-5-15)35-38(36)37)30-23-32-20-11-10-19(16-2-6-17(26)7-3-16)31-21(20)22(33-23)34-24(12-13-24)25(27,28)29/h2-11,14,35H,12-13H2,1H3,(H,36,37)(H2,30,32,33,34)/t14-/m1/s1. The Morgan fingerprint density at radius 1 is 0.974 bits per heavy atom. The Bertz CT molecular complexity index is 1500. The summed E-state index contributed by atoms with van der Waals surface area (Å²) in [5, 5.41) is 5.69. The fraction of sp³-hybridized carbons (Fsp3) is 0.240. The van der Waals surface area contributed by atoms with Crippen molar-refractivity contribution in [1.82, 2.24) is 15.0 Å². The van der Waals surface area contributed by atoms with Gasteiger partial charge in [-0.1, -0.05) is 12.1 Å². The highest BCUT2D eigenvalue weighted by Crippen LogP contribution is 2.51. The van der Waals surface area contributed by atoms with Gasteiger partial charge in [-0.25, -0.2) is 18.6 Å². The number of aromatic nitrogens is 3. The van der Waals surface area contributed by atoms with Gasteiger partial charge in [0.2, 0.25) is 5.95 Å². The summed E-state index contributed by atoms with van der Waals surface area (Å²) < 4.78 is 77.0. The lowest BCUT2D eigenvalue weighted by atomic mass is 10.1. The lowest BCUT2D eigenvalue weighted by Crippen LogP contribution is -2.39. The van der Waals surface area contributed by atoms with E-state index in [0.29, 0.717) is 22.5 Å². The van der Waals surface area contributed by atoms with E-state index in [9.17, 15) is 21.8 Å². The van der Waals surface area contributed by atoms with E-state index in [1.807, 2.05) is 6.92 Å². The highest BCUT2D eigenvalue weighted by atomic mass is 32.2. The maximum absolute atomic E-state index is 13.8. The van der Waals surface area contributed by atoms with Gasteiger partial charge >= 0.3 is 6.18 Å². The second kappa shape index (κ2) is 9.80. The molecule has 0 amide bonds. The highest BCUT2D eigenvalue weighted by Gasteiger charge is 2.64. The number of anilines is 3. The first-order chi connectivity index (χ1) is 18.0. The number of hydrogen-bond donors (Lipinski definition) is 4. The molecule has 2 heterocycles. The average Bonchev–Trinajstić information content (AvgIpc) is 3.65. The van der Waals surface area contributed by atoms with Gasteiger partial charge in [-0.2, -0.15) is 18.2 Å². The van der Waals surface area contributed by atoms with Gasteiger partial charge in [0.1, 0.15) is 16.9 Å². The molecule has 0 spiro atoms. The third-order valence-electron chi connectivity index (χ3n) is 6.29. The minimum Gasteiger partial charge on any atom is -0.354 e. The summed E-state index contributed by atoms with van der Waals surface area (Å²) in [6, 6.07) is 15.3. The van der Waals surface area contributed by atoms with Crippen molar-refractivity contribution in [1.29, 1.82) is 0 Å². The number of hydrogen-bond acceptors (Lipinski definition) is 6. The molecule has 4 aromatic rings. The molecular formula is C25H22F4N6O2S. The van der Waals surface area contributed by atoms with Crippen LogP contribution in [0.15, 0.2) is 60.7 Å². The van der Waals surface area contributed by atoms with Crippen LogP contribution in [0.5, 0.6) is 0 Å². The largest absolute Gasteiger partial charge is 0.411 e. The zero-order chi connectivity index (χ0) is 27.1. The molecule has 0 radical (unpaired) electrons. The zero-order valence-corrected chi connectivity index (χ0v) is 20.7. The molecule has 2 aromatic carbocycles. The number of nitrogens with one attached hydrogen (secondary N) is 3. The molecule has 0 saturated heterocycles. The quantitative estimate of drug-likeness (QED) is 0.157. The average molecular weight is 547 g/mol. The van der Waals surface area contributed by atoms with E-state index in [2.05, 4.69) is 30.3 Å². The number of benzene rings is 2. The van der Waals surface area contributed by atoms with Gasteiger partial charge < -0.3 is 10.6 Å². The molecule has 198 valence electrons. The molecule has 2 atom stereocenters. The van der Waals surface area contributed by atoms with Crippen molar-refractivity contribution in [3.63, 3.8) is 0 Å². The van der Waals surface area contributed by atoms with Crippen molar-refractivity contribution in [2.75, 3.05) is 15.4 Å². The zero-order valence-electron chi connectivity index (χ0n) is 19.9. The maximum Gasteiger partial charge on any atom is 0.411 e. The summed E-state index contributed by atoms with van der Waals surface area (Å²) in [4.78, 5) is 13.4. The van der Waals surface area contributed by atoms with Crippen LogP contribution in [0.1, 0.15) is 31.4 Å². The molecule has 5 rings (SSSR count). The summed E-state index contributed by atoms with van der Waals surface area (Å²) in [5.41, 5.74) is 0.665. The molecule has 1 aliphatic carbocycles. The molecule has 38 heavy (non-hydrogen) atoms. The van der Waals surface area contributed by atoms with Crippen LogP contribution in [0.3, 0.4) is 0 Å². The lowest BCUT2D eigenvalue weighted by Gasteiger charge is -2.23. The minimum atomic E-state index is -4.48. The van der Waals surface area contributed by atoms with E-state index < -0.39 is 28.8 Å². The maximum atomic E-state index is 13.8. The van der Waals surface area contributed by atoms with Crippen LogP contribution in [-0.2, 0) is 11.3 Å². The fourth-order valence-corrected chi connectivity index (χ4v) is 4.33. The Labute approximate surface area is 217 Å². The topological polar surface area (TPSA) is 112 Å². The van der Waals surface area contributed by atoms with Crippen molar-refractivity contribution in [3.05, 3.63) is 72.0 Å². The van der Waals surface area contributed by atoms with Crippen LogP contribution < -0.4 is 15.4 Å². The van der Waals surface area contributed by atoms with Crippen LogP contribution in [0.2, 0.25) is 0 Å². The number of fused-ring (bicyclic) bond motifs is 1. The van der Waals surface area contributed by atoms with Crippen molar-refractivity contribution in [3.8, 4) is 11.3 Å². The number of rotatable bonds is 8. The lowest BCUT2D eigenvalue weighted by molar-refractivity contribution is -0.151. The molecule has 1 unspecified atom stereocenters. The third-order valence-corrected chi connectivity index (χ3v) is 6.70. The molecule has 1 saturated carbocycles. The van der Waals surface area contributed by atoms with Gasteiger partial charge in [0, 0.05) is 11.3 Å². The second-order valence-electron chi connectivity index (χ2n) is 9.01. The smallest absolute Gasteiger partial charge is 0.354 e. The fourth-order valence-electron chi connectivity index (χ4n) is 4.00. The van der Waals surface area contributed by atoms with Gasteiger partial charge in [-0.3, -0.25) is 9.27 Å². The number of nitrogens with zero attached hydrogens (tertiary/aromatic N) is 3. The molecule has 8 nitrogen and oxygen atoms in total. The van der Waals surface area contributed by atoms with Gasteiger partial charge in [0.05, 0.1) is 17.3 Å². The van der Waals surface area contributed by atoms with Crippen LogP contribution in [0.4, 0.5) is 35.0 Å². The van der Waals surface area contributed by atoms with Crippen molar-refractivity contribution in [2.45, 2.75) is 37.5 Å². The van der Waals surface area contributed by atoms with Crippen LogP contribution in [0.25, 0.3) is 22.3 Å². The van der Waals surface area contributed by atoms with Crippen LogP contribution >= 0.6 is 0 Å². The Morgan fingerprint density at radius 3 is 2.26 bits per heavy atom. The van der Waals surface area contributed by atoms with Gasteiger partial charge in [0.15, 0.2) is 5.82 Å². The van der Waals surface area contributed by atoms with Crippen molar-refractivity contribution in [2.24, 2.45) is 0 Å². The van der Waals surface area contributed by atoms with E-state index in [4.69, 9.17) is 4.55 Å². The Hall–Kier alpha value is -3.84. The molecule has 1 fully saturated rings. The molecular weight excluding hydrogens is 524 g/mol. The Balaban J connectivity index is 1.50. The Kier molecular flexibility index (Phi) is 6.65. The minimum absolute atomic E-state index is 0.0616. The molecule has 0 bridgehead atoms. The summed E-state index contributed by atoms with van der Waals surface area (Å²) in [5.74, 6) is -0.380. The summed E-state index contributed by atoms with van der Waals surface area (Å²) in [7, 11) is 0. The highest BCUT2D eigenvalue weighted by molar-refractivity contribution is 7.80. The van der Waals surface area contributed by atoms with E-state index >= 15 is 0 Å². The van der Waals surface area contributed by atoms with Crippen LogP contribution in [0, 0.1) is 5.82 Å². The summed E-state index contributed by atoms with van der Waals surface area (Å²) >= 11 is -2.20. The molecule has 0 aliphatic heterocycles. The molecule has 2 aromatic heterocycles. The van der Waals surface area contributed by atoms with Crippen LogP contribution in [-0.4, -0.2) is 35.4 Å². The first kappa shape index (κ1) is 25.8. The predicted molar refractivity (Wildman–Crippen MR) is 137 cm³/mol. The second-order valence-corrected chi connectivity index (χ2v) is 9.71. The normalized spacial score (nSPS) is 16.1. The van der Waals surface area contributed by atoms with Gasteiger partial charge in [0.25, 0.3) is 11.3 Å². The van der Waals surface area contributed by atoms with Crippen molar-refractivity contribution < 1.29 is 26.3 Å². The third kappa shape index (κ3) is 5.38. The SMILES string of the molecule is C[C@@H](Nc1nc(NC2(C(F)(F)F)CC2)c2nc(-c3ccc(F)cc3)ccc2n1)c1ccc(NS(=O)O)cc1. The molecule has 13 heteroatoms. The van der Waals surface area contributed by atoms with Gasteiger partial charge in [-0.05, 0) is 73.9 Å². The van der Waals surface area contributed by atoms with E-state index in [1.54, 1.807) is 36.4 Å². The summed E-state index contributed by atoms with van der Waals surface area (Å²) in [6.07, 6.45) is -4.65. The summed E-state index contributed by atoms with van der Waals surface area (Å²) in [6.45, 7) is 1.82. The van der Waals surface area contributed by atoms with E-state index in [-0.39, 0.29) is 36.2 Å². The van der Waals surface area contributed by atoms with Gasteiger partial charge in [-0.15, -0.1) is 0 Å². The van der Waals surface area contributed by atoms with E-state index in [1.165, 1.54) is 24.3 Å². The Morgan fingerprint density at radius 2 is 1.66 bits per heavy atom. The molecule has 1 aliphatic rings. The first-order valence-corrected chi connectivity index (χ1v) is 12.7. The number of alkyl halides is 3. The molecule has 4 N–H and O–H groups in total. The number of halogens is 4.